The average Bonchev–Trinajstić information content (AvgIpc) is 3.11. The normalized spacial score (nSPS) is 38.9. The molecule has 3 heterocycles. The number of carbonyl (C=O) groups is 2. The maximum absolute atomic E-state index is 12.6. The Hall–Kier alpha value is -1.34. The van der Waals surface area contributed by atoms with Gasteiger partial charge in [0.15, 0.2) is 0 Å². The van der Waals surface area contributed by atoms with E-state index in [1.807, 2.05) is 16.8 Å². The Morgan fingerprint density at radius 1 is 1.08 bits per heavy atom. The number of piperidine rings is 2. The molecule has 0 N–H and O–H groups in total. The monoisotopic (exact) mass is 365 g/mol. The lowest BCUT2D eigenvalue weighted by Crippen LogP contribution is -2.62. The van der Waals surface area contributed by atoms with Crippen molar-refractivity contribution in [2.45, 2.75) is 50.9 Å². The number of fused-ring (bicyclic) bond motifs is 3. The van der Waals surface area contributed by atoms with Crippen molar-refractivity contribution in [1.29, 1.82) is 0 Å². The lowest BCUT2D eigenvalue weighted by atomic mass is 9.89. The van der Waals surface area contributed by atoms with E-state index in [2.05, 4.69) is 18.7 Å². The van der Waals surface area contributed by atoms with Crippen LogP contribution >= 0.6 is 0 Å². The highest BCUT2D eigenvalue weighted by atomic mass is 16.5. The number of nitrogens with zero attached hydrogens (tertiary/aromatic N) is 3. The molecule has 4 fully saturated rings. The fourth-order valence-electron chi connectivity index (χ4n) is 5.30. The van der Waals surface area contributed by atoms with Gasteiger partial charge in [-0.2, -0.15) is 0 Å². The molecule has 0 aromatic rings. The highest BCUT2D eigenvalue weighted by molar-refractivity contribution is 5.82. The second-order valence-corrected chi connectivity index (χ2v) is 8.70. The maximum atomic E-state index is 12.6. The summed E-state index contributed by atoms with van der Waals surface area (Å²) >= 11 is 0. The van der Waals surface area contributed by atoms with Crippen LogP contribution in [0.25, 0.3) is 0 Å². The fourth-order valence-corrected chi connectivity index (χ4v) is 5.30. The van der Waals surface area contributed by atoms with Crippen LogP contribution in [0.1, 0.15) is 26.7 Å². The van der Waals surface area contributed by atoms with Gasteiger partial charge in [0, 0.05) is 38.1 Å². The van der Waals surface area contributed by atoms with Crippen LogP contribution in [0, 0.1) is 17.8 Å². The topological polar surface area (TPSA) is 62.3 Å². The Morgan fingerprint density at radius 2 is 1.65 bits per heavy atom. The summed E-state index contributed by atoms with van der Waals surface area (Å²) in [5, 5.41) is 0. The van der Waals surface area contributed by atoms with Gasteiger partial charge in [-0.25, -0.2) is 4.79 Å². The molecule has 4 rings (SSSR count). The summed E-state index contributed by atoms with van der Waals surface area (Å²) in [5.74, 6) is 1.61. The zero-order chi connectivity index (χ0) is 18.6. The van der Waals surface area contributed by atoms with Gasteiger partial charge in [0.05, 0.1) is 32.4 Å². The van der Waals surface area contributed by atoms with Crippen molar-refractivity contribution >= 4 is 12.0 Å². The number of ether oxygens (including phenoxy) is 2. The highest BCUT2D eigenvalue weighted by Crippen LogP contribution is 2.53. The van der Waals surface area contributed by atoms with Gasteiger partial charge in [-0.3, -0.25) is 14.6 Å². The van der Waals surface area contributed by atoms with Gasteiger partial charge in [0.2, 0.25) is 5.91 Å². The van der Waals surface area contributed by atoms with Gasteiger partial charge in [-0.05, 0) is 38.5 Å². The summed E-state index contributed by atoms with van der Waals surface area (Å²) in [6.07, 6.45) is 1.65. The summed E-state index contributed by atoms with van der Waals surface area (Å²) < 4.78 is 10.7. The highest BCUT2D eigenvalue weighted by Gasteiger charge is 2.61. The molecule has 0 aromatic heterocycles. The molecule has 7 nitrogen and oxygen atoms in total. The van der Waals surface area contributed by atoms with Gasteiger partial charge < -0.3 is 14.4 Å². The van der Waals surface area contributed by atoms with Crippen LogP contribution in [-0.2, 0) is 14.3 Å². The van der Waals surface area contributed by atoms with Crippen LogP contribution in [0.4, 0.5) is 4.79 Å². The molecule has 7 heteroatoms. The molecule has 1 aliphatic carbocycles. The van der Waals surface area contributed by atoms with Crippen LogP contribution in [0.2, 0.25) is 0 Å². The van der Waals surface area contributed by atoms with E-state index < -0.39 is 0 Å². The molecule has 146 valence electrons. The number of morpholine rings is 1. The number of amides is 2. The van der Waals surface area contributed by atoms with E-state index in [-0.39, 0.29) is 30.1 Å². The van der Waals surface area contributed by atoms with Crippen molar-refractivity contribution in [2.24, 2.45) is 17.8 Å². The van der Waals surface area contributed by atoms with Crippen molar-refractivity contribution < 1.29 is 19.1 Å². The van der Waals surface area contributed by atoms with Crippen LogP contribution in [0.15, 0.2) is 0 Å². The number of hydrogen-bond donors (Lipinski definition) is 0. The lowest BCUT2D eigenvalue weighted by Gasteiger charge is -2.49. The minimum absolute atomic E-state index is 0.112. The molecule has 3 saturated heterocycles. The summed E-state index contributed by atoms with van der Waals surface area (Å²) in [7, 11) is 3.37. The first-order chi connectivity index (χ1) is 12.4. The van der Waals surface area contributed by atoms with E-state index in [9.17, 15) is 9.59 Å². The van der Waals surface area contributed by atoms with Gasteiger partial charge >= 0.3 is 6.09 Å². The van der Waals surface area contributed by atoms with E-state index in [0.29, 0.717) is 37.0 Å². The Labute approximate surface area is 155 Å². The standard InChI is InChI=1S/C19H31N3O4/c1-11(2)20(3)18(23)17-15-7-21(8-16(15)17)12-5-13-9-26-10-14(6-12)22(13)19(24)25-4/h11-17H,5-10H2,1-4H3/t12?,13?,14?,15-,16+,17?. The number of carbonyl (C=O) groups excluding carboxylic acids is 2. The molecule has 1 saturated carbocycles. The minimum Gasteiger partial charge on any atom is -0.453 e. The molecular weight excluding hydrogens is 334 g/mol. The third-order valence-corrected chi connectivity index (χ3v) is 7.03. The Kier molecular flexibility index (Phi) is 4.63. The van der Waals surface area contributed by atoms with E-state index in [4.69, 9.17) is 9.47 Å². The molecular formula is C19H31N3O4. The van der Waals surface area contributed by atoms with E-state index in [1.165, 1.54) is 7.11 Å². The van der Waals surface area contributed by atoms with Crippen LogP contribution in [0.5, 0.6) is 0 Å². The molecule has 3 aliphatic heterocycles. The van der Waals surface area contributed by atoms with Gasteiger partial charge in [-0.1, -0.05) is 0 Å². The molecule has 4 aliphatic rings. The zero-order valence-electron chi connectivity index (χ0n) is 16.3. The largest absolute Gasteiger partial charge is 0.453 e. The Bertz CT molecular complexity index is 557. The fraction of sp³-hybridized carbons (Fsp3) is 0.895. The summed E-state index contributed by atoms with van der Waals surface area (Å²) in [6.45, 7) is 7.38. The molecule has 2 amide bonds. The number of likely N-dealkylation sites (tertiary alicyclic amines) is 1. The van der Waals surface area contributed by atoms with Crippen molar-refractivity contribution in [1.82, 2.24) is 14.7 Å². The molecule has 26 heavy (non-hydrogen) atoms. The predicted molar refractivity (Wildman–Crippen MR) is 95.6 cm³/mol. The second-order valence-electron chi connectivity index (χ2n) is 8.70. The SMILES string of the molecule is COC(=O)N1C2COCC1CC(N1C[C@@H]3C(C(=O)N(C)C(C)C)[C@@H]3C1)C2. The van der Waals surface area contributed by atoms with Crippen molar-refractivity contribution in [3.63, 3.8) is 0 Å². The maximum Gasteiger partial charge on any atom is 0.410 e. The molecule has 5 atom stereocenters. The lowest BCUT2D eigenvalue weighted by molar-refractivity contribution is -0.134. The minimum atomic E-state index is -0.228. The second kappa shape index (κ2) is 6.68. The van der Waals surface area contributed by atoms with Gasteiger partial charge in [-0.15, -0.1) is 0 Å². The Morgan fingerprint density at radius 3 is 2.15 bits per heavy atom. The van der Waals surface area contributed by atoms with Gasteiger partial charge in [0.1, 0.15) is 0 Å². The quantitative estimate of drug-likeness (QED) is 0.748. The van der Waals surface area contributed by atoms with Crippen LogP contribution in [0.3, 0.4) is 0 Å². The first-order valence-electron chi connectivity index (χ1n) is 9.87. The molecule has 0 radical (unpaired) electrons. The first kappa shape index (κ1) is 18.0. The van der Waals surface area contributed by atoms with Crippen molar-refractivity contribution in [3.05, 3.63) is 0 Å². The first-order valence-corrected chi connectivity index (χ1v) is 9.87. The summed E-state index contributed by atoms with van der Waals surface area (Å²) in [6, 6.07) is 0.978. The molecule has 3 unspecified atom stereocenters. The number of rotatable bonds is 3. The smallest absolute Gasteiger partial charge is 0.410 e. The Balaban J connectivity index is 1.35. The summed E-state index contributed by atoms with van der Waals surface area (Å²) in [4.78, 5) is 31.0. The number of methoxy groups -OCH3 is 1. The summed E-state index contributed by atoms with van der Waals surface area (Å²) in [5.41, 5.74) is 0. The average molecular weight is 365 g/mol. The van der Waals surface area contributed by atoms with Crippen molar-refractivity contribution in [3.8, 4) is 0 Å². The predicted octanol–water partition coefficient (Wildman–Crippen LogP) is 1.03. The van der Waals surface area contributed by atoms with E-state index in [1.54, 1.807) is 0 Å². The van der Waals surface area contributed by atoms with E-state index >= 15 is 0 Å². The third-order valence-electron chi connectivity index (χ3n) is 7.03. The van der Waals surface area contributed by atoms with Crippen LogP contribution < -0.4 is 0 Å². The third kappa shape index (κ3) is 2.89. The van der Waals surface area contributed by atoms with Crippen molar-refractivity contribution in [2.75, 3.05) is 40.5 Å². The van der Waals surface area contributed by atoms with Crippen LogP contribution in [-0.4, -0.2) is 91.3 Å². The number of hydrogen-bond acceptors (Lipinski definition) is 5. The molecule has 0 spiro atoms. The zero-order valence-corrected chi connectivity index (χ0v) is 16.3. The van der Waals surface area contributed by atoms with E-state index in [0.717, 1.165) is 25.9 Å². The molecule has 2 bridgehead atoms. The molecule has 0 aromatic carbocycles. The van der Waals surface area contributed by atoms with Gasteiger partial charge in [0.25, 0.3) is 0 Å².